The normalized spacial score (nSPS) is 10.4. The molecular formula is C19H12BrCl2NO3. The predicted octanol–water partition coefficient (Wildman–Crippen LogP) is 6.51. The molecule has 0 saturated heterocycles. The van der Waals surface area contributed by atoms with Crippen LogP contribution in [0.5, 0.6) is 17.2 Å². The highest BCUT2D eigenvalue weighted by Crippen LogP contribution is 2.33. The Balaban J connectivity index is 1.89. The van der Waals surface area contributed by atoms with Crippen molar-refractivity contribution in [1.29, 1.82) is 0 Å². The van der Waals surface area contributed by atoms with Crippen LogP contribution in [0.3, 0.4) is 0 Å². The van der Waals surface area contributed by atoms with Gasteiger partial charge in [0.15, 0.2) is 5.75 Å². The number of carbonyl (C=O) groups excluding carboxylic acids is 1. The van der Waals surface area contributed by atoms with Crippen molar-refractivity contribution >= 4 is 50.7 Å². The summed E-state index contributed by atoms with van der Waals surface area (Å²) >= 11 is 15.3. The zero-order valence-corrected chi connectivity index (χ0v) is 16.3. The monoisotopic (exact) mass is 451 g/mol. The molecule has 0 fully saturated rings. The highest BCUT2D eigenvalue weighted by molar-refractivity contribution is 9.10. The van der Waals surface area contributed by atoms with Gasteiger partial charge in [0, 0.05) is 14.5 Å². The Labute approximate surface area is 168 Å². The van der Waals surface area contributed by atoms with Gasteiger partial charge in [0.1, 0.15) is 11.5 Å². The fraction of sp³-hybridized carbons (Fsp3) is 0. The van der Waals surface area contributed by atoms with Crippen LogP contribution in [-0.4, -0.2) is 11.0 Å². The molecule has 132 valence electrons. The van der Waals surface area contributed by atoms with Gasteiger partial charge in [-0.05, 0) is 60.7 Å². The predicted molar refractivity (Wildman–Crippen MR) is 107 cm³/mol. The molecule has 0 bridgehead atoms. The summed E-state index contributed by atoms with van der Waals surface area (Å²) in [5.41, 5.74) is 0.414. The molecule has 0 aliphatic heterocycles. The van der Waals surface area contributed by atoms with Crippen molar-refractivity contribution in [2.75, 3.05) is 5.32 Å². The molecule has 0 atom stereocenters. The average Bonchev–Trinajstić information content (AvgIpc) is 2.61. The summed E-state index contributed by atoms with van der Waals surface area (Å²) < 4.78 is 6.75. The number of rotatable bonds is 4. The molecule has 2 N–H and O–H groups in total. The molecule has 0 radical (unpaired) electrons. The fourth-order valence-electron chi connectivity index (χ4n) is 2.20. The van der Waals surface area contributed by atoms with Gasteiger partial charge >= 0.3 is 0 Å². The molecule has 0 unspecified atom stereocenters. The van der Waals surface area contributed by atoms with Crippen molar-refractivity contribution in [2.24, 2.45) is 0 Å². The van der Waals surface area contributed by atoms with Crippen LogP contribution in [0, 0.1) is 0 Å². The summed E-state index contributed by atoms with van der Waals surface area (Å²) in [6.07, 6.45) is 0. The number of hydrogen-bond acceptors (Lipinski definition) is 3. The van der Waals surface area contributed by atoms with Crippen molar-refractivity contribution in [3.05, 3.63) is 80.7 Å². The van der Waals surface area contributed by atoms with E-state index >= 15 is 0 Å². The van der Waals surface area contributed by atoms with Gasteiger partial charge in [-0.2, -0.15) is 0 Å². The molecule has 0 heterocycles. The molecule has 0 aromatic heterocycles. The third-order valence-electron chi connectivity index (χ3n) is 3.43. The summed E-state index contributed by atoms with van der Waals surface area (Å²) in [5, 5.41) is 13.3. The first-order chi connectivity index (χ1) is 12.4. The zero-order valence-electron chi connectivity index (χ0n) is 13.2. The minimum absolute atomic E-state index is 0.0482. The summed E-state index contributed by atoms with van der Waals surface area (Å²) in [7, 11) is 0. The van der Waals surface area contributed by atoms with Gasteiger partial charge in [-0.1, -0.05) is 39.1 Å². The molecule has 0 aliphatic rings. The van der Waals surface area contributed by atoms with Crippen LogP contribution in [0.1, 0.15) is 10.4 Å². The Bertz CT molecular complexity index is 961. The lowest BCUT2D eigenvalue weighted by Crippen LogP contribution is -2.12. The van der Waals surface area contributed by atoms with Crippen LogP contribution in [-0.2, 0) is 0 Å². The van der Waals surface area contributed by atoms with Crippen LogP contribution in [0.4, 0.5) is 5.69 Å². The fourth-order valence-corrected chi connectivity index (χ4v) is 2.81. The maximum atomic E-state index is 12.5. The molecule has 0 aliphatic carbocycles. The van der Waals surface area contributed by atoms with E-state index in [1.165, 1.54) is 18.2 Å². The van der Waals surface area contributed by atoms with E-state index in [9.17, 15) is 9.90 Å². The number of phenolic OH excluding ortho intramolecular Hbond substituents is 1. The Morgan fingerprint density at radius 3 is 2.35 bits per heavy atom. The highest BCUT2D eigenvalue weighted by atomic mass is 79.9. The molecule has 0 spiro atoms. The number of nitrogens with one attached hydrogen (secondary N) is 1. The third-order valence-corrected chi connectivity index (χ3v) is 4.43. The molecule has 1 amide bonds. The number of phenols is 1. The van der Waals surface area contributed by atoms with Gasteiger partial charge in [-0.15, -0.1) is 0 Å². The summed E-state index contributed by atoms with van der Waals surface area (Å²) in [6, 6.07) is 16.4. The lowest BCUT2D eigenvalue weighted by molar-refractivity contribution is 0.102. The molecule has 3 rings (SSSR count). The zero-order chi connectivity index (χ0) is 18.7. The SMILES string of the molecule is O=C(Nc1cc(Cl)ccc1Oc1ccc(Br)cc1)c1cc(Cl)ccc1O. The standard InChI is InChI=1S/C19H12BrCl2NO3/c20-11-1-5-14(6-2-11)26-18-8-4-13(22)10-16(18)23-19(25)15-9-12(21)3-7-17(15)24/h1-10,24H,(H,23,25). The number of ether oxygens (including phenoxy) is 1. The largest absolute Gasteiger partial charge is 0.507 e. The number of benzene rings is 3. The van der Waals surface area contributed by atoms with E-state index < -0.39 is 5.91 Å². The van der Waals surface area contributed by atoms with E-state index in [0.717, 1.165) is 4.47 Å². The van der Waals surface area contributed by atoms with Crippen LogP contribution in [0.2, 0.25) is 10.0 Å². The van der Waals surface area contributed by atoms with E-state index in [0.29, 0.717) is 27.2 Å². The van der Waals surface area contributed by atoms with E-state index in [-0.39, 0.29) is 11.3 Å². The maximum absolute atomic E-state index is 12.5. The van der Waals surface area contributed by atoms with Gasteiger partial charge in [0.2, 0.25) is 0 Å². The van der Waals surface area contributed by atoms with Crippen molar-refractivity contribution in [1.82, 2.24) is 0 Å². The van der Waals surface area contributed by atoms with Gasteiger partial charge in [0.25, 0.3) is 5.91 Å². The van der Waals surface area contributed by atoms with E-state index in [1.54, 1.807) is 30.3 Å². The highest BCUT2D eigenvalue weighted by Gasteiger charge is 2.15. The summed E-state index contributed by atoms with van der Waals surface area (Å²) in [6.45, 7) is 0. The maximum Gasteiger partial charge on any atom is 0.259 e. The van der Waals surface area contributed by atoms with Gasteiger partial charge in [-0.3, -0.25) is 4.79 Å². The minimum Gasteiger partial charge on any atom is -0.507 e. The summed E-state index contributed by atoms with van der Waals surface area (Å²) in [4.78, 5) is 12.5. The number of halogens is 3. The van der Waals surface area contributed by atoms with Gasteiger partial charge in [0.05, 0.1) is 11.3 Å². The van der Waals surface area contributed by atoms with Crippen molar-refractivity contribution < 1.29 is 14.6 Å². The second-order valence-electron chi connectivity index (χ2n) is 5.31. The minimum atomic E-state index is -0.534. The van der Waals surface area contributed by atoms with Crippen molar-refractivity contribution in [3.8, 4) is 17.2 Å². The molecule has 0 saturated carbocycles. The van der Waals surface area contributed by atoms with Crippen LogP contribution in [0.25, 0.3) is 0 Å². The Kier molecular flexibility index (Phi) is 5.71. The average molecular weight is 453 g/mol. The van der Waals surface area contributed by atoms with E-state index in [1.807, 2.05) is 12.1 Å². The number of aromatic hydroxyl groups is 1. The number of anilines is 1. The smallest absolute Gasteiger partial charge is 0.259 e. The first kappa shape index (κ1) is 18.6. The summed E-state index contributed by atoms with van der Waals surface area (Å²) in [5.74, 6) is 0.292. The topological polar surface area (TPSA) is 58.6 Å². The van der Waals surface area contributed by atoms with Gasteiger partial charge < -0.3 is 15.2 Å². The lowest BCUT2D eigenvalue weighted by atomic mass is 10.2. The number of amides is 1. The molecular weight excluding hydrogens is 441 g/mol. The number of carbonyl (C=O) groups is 1. The Morgan fingerprint density at radius 2 is 1.62 bits per heavy atom. The molecule has 3 aromatic rings. The molecule has 4 nitrogen and oxygen atoms in total. The van der Waals surface area contributed by atoms with Crippen LogP contribution in [0.15, 0.2) is 65.1 Å². The quantitative estimate of drug-likeness (QED) is 0.474. The third kappa shape index (κ3) is 4.49. The second-order valence-corrected chi connectivity index (χ2v) is 7.10. The molecule has 7 heteroatoms. The molecule has 26 heavy (non-hydrogen) atoms. The van der Waals surface area contributed by atoms with Crippen molar-refractivity contribution in [2.45, 2.75) is 0 Å². The van der Waals surface area contributed by atoms with Crippen LogP contribution < -0.4 is 10.1 Å². The Hall–Kier alpha value is -2.21. The van der Waals surface area contributed by atoms with E-state index in [2.05, 4.69) is 21.2 Å². The molecule has 3 aromatic carbocycles. The van der Waals surface area contributed by atoms with Gasteiger partial charge in [-0.25, -0.2) is 0 Å². The first-order valence-electron chi connectivity index (χ1n) is 7.45. The second kappa shape index (κ2) is 7.99. The van der Waals surface area contributed by atoms with Crippen LogP contribution >= 0.6 is 39.1 Å². The van der Waals surface area contributed by atoms with Crippen molar-refractivity contribution in [3.63, 3.8) is 0 Å². The number of hydrogen-bond donors (Lipinski definition) is 2. The van der Waals surface area contributed by atoms with E-state index in [4.69, 9.17) is 27.9 Å². The Morgan fingerprint density at radius 1 is 0.962 bits per heavy atom. The first-order valence-corrected chi connectivity index (χ1v) is 9.00. The lowest BCUT2D eigenvalue weighted by Gasteiger charge is -2.13.